The molecule has 0 aliphatic heterocycles. The van der Waals surface area contributed by atoms with Crippen LogP contribution in [-0.4, -0.2) is 30.5 Å². The maximum atomic E-state index is 15.3. The number of nitrogens with two attached hydrogens (primary N) is 1. The molecule has 1 aromatic heterocycles. The molecule has 1 aliphatic rings. The first-order valence-electron chi connectivity index (χ1n) is 10.2. The lowest BCUT2D eigenvalue weighted by Gasteiger charge is -2.21. The van der Waals surface area contributed by atoms with Crippen molar-refractivity contribution >= 4 is 33.7 Å². The highest BCUT2D eigenvalue weighted by atomic mass is 19.1. The minimum Gasteiger partial charge on any atom is -0.492 e. The largest absolute Gasteiger partial charge is 0.492 e. The van der Waals surface area contributed by atoms with Gasteiger partial charge in [0.15, 0.2) is 17.3 Å². The monoisotopic (exact) mass is 424 g/mol. The molecule has 1 heterocycles. The number of aromatic nitrogens is 1. The molecule has 31 heavy (non-hydrogen) atoms. The van der Waals surface area contributed by atoms with E-state index in [1.54, 1.807) is 6.20 Å². The summed E-state index contributed by atoms with van der Waals surface area (Å²) < 4.78 is 22.7. The number of rotatable bonds is 8. The molecule has 1 fully saturated rings. The minimum absolute atomic E-state index is 0.000299. The zero-order chi connectivity index (χ0) is 22.1. The second kappa shape index (κ2) is 8.29. The van der Waals surface area contributed by atoms with Crippen LogP contribution in [-0.2, 0) is 0 Å². The standard InChI is InChI=1S/C23H25FN4O3/c1-13(29)16-12-28(15-8-9-15)21-17(22(16)30)19(25)18(24)20(23(21)31-2)27-11-10-26-14-6-4-3-5-7-14/h3-7,12,15,26-27H,8-11,25H2,1-2H3. The van der Waals surface area contributed by atoms with Crippen LogP contribution >= 0.6 is 0 Å². The van der Waals surface area contributed by atoms with Gasteiger partial charge < -0.3 is 25.7 Å². The minimum atomic E-state index is -0.760. The second-order valence-electron chi connectivity index (χ2n) is 7.65. The third kappa shape index (κ3) is 3.81. The first-order chi connectivity index (χ1) is 14.9. The number of nitrogen functional groups attached to an aromatic ring is 1. The quantitative estimate of drug-likeness (QED) is 0.289. The highest BCUT2D eigenvalue weighted by Crippen LogP contribution is 2.44. The predicted octanol–water partition coefficient (Wildman–Crippen LogP) is 3.79. The first-order valence-corrected chi connectivity index (χ1v) is 10.2. The summed E-state index contributed by atoms with van der Waals surface area (Å²) in [5, 5.41) is 6.28. The number of hydrogen-bond acceptors (Lipinski definition) is 6. The lowest BCUT2D eigenvalue weighted by Crippen LogP contribution is -2.21. The number of ether oxygens (including phenoxy) is 1. The number of fused-ring (bicyclic) bond motifs is 1. The molecule has 0 radical (unpaired) electrons. The SMILES string of the molecule is COc1c(NCCNc2ccccc2)c(F)c(N)c2c(=O)c(C(C)=O)cn(C3CC3)c12. The van der Waals surface area contributed by atoms with Crippen molar-refractivity contribution in [2.45, 2.75) is 25.8 Å². The molecule has 1 saturated carbocycles. The van der Waals surface area contributed by atoms with Crippen molar-refractivity contribution in [1.82, 2.24) is 4.57 Å². The van der Waals surface area contributed by atoms with Crippen molar-refractivity contribution in [3.63, 3.8) is 0 Å². The Morgan fingerprint density at radius 1 is 1.23 bits per heavy atom. The Kier molecular flexibility index (Phi) is 5.54. The molecular weight excluding hydrogens is 399 g/mol. The van der Waals surface area contributed by atoms with Crippen LogP contribution < -0.4 is 26.5 Å². The van der Waals surface area contributed by atoms with Gasteiger partial charge in [-0.1, -0.05) is 18.2 Å². The van der Waals surface area contributed by atoms with Gasteiger partial charge in [-0.05, 0) is 31.9 Å². The van der Waals surface area contributed by atoms with E-state index in [9.17, 15) is 9.59 Å². The summed E-state index contributed by atoms with van der Waals surface area (Å²) in [6, 6.07) is 9.78. The maximum Gasteiger partial charge on any atom is 0.202 e. The zero-order valence-electron chi connectivity index (χ0n) is 17.5. The van der Waals surface area contributed by atoms with E-state index in [-0.39, 0.29) is 39.9 Å². The van der Waals surface area contributed by atoms with E-state index in [1.807, 2.05) is 34.9 Å². The van der Waals surface area contributed by atoms with Gasteiger partial charge in [0, 0.05) is 31.0 Å². The van der Waals surface area contributed by atoms with E-state index in [2.05, 4.69) is 10.6 Å². The number of ketones is 1. The average Bonchev–Trinajstić information content (AvgIpc) is 3.60. The molecule has 0 saturated heterocycles. The number of nitrogens with zero attached hydrogens (tertiary/aromatic N) is 1. The number of benzene rings is 2. The number of anilines is 3. The summed E-state index contributed by atoms with van der Waals surface area (Å²) >= 11 is 0. The summed E-state index contributed by atoms with van der Waals surface area (Å²) in [6.07, 6.45) is 3.35. The van der Waals surface area contributed by atoms with Crippen LogP contribution in [0.4, 0.5) is 21.5 Å². The molecule has 1 aliphatic carbocycles. The van der Waals surface area contributed by atoms with Crippen LogP contribution in [0.1, 0.15) is 36.2 Å². The first kappa shape index (κ1) is 20.7. The smallest absolute Gasteiger partial charge is 0.202 e. The number of Topliss-reactive ketones (excluding diaryl/α,β-unsaturated/α-hetero) is 1. The molecule has 2 aromatic carbocycles. The molecule has 162 valence electrons. The number of halogens is 1. The topological polar surface area (TPSA) is 98.4 Å². The van der Waals surface area contributed by atoms with Crippen molar-refractivity contribution in [2.75, 3.05) is 36.6 Å². The molecule has 4 N–H and O–H groups in total. The fourth-order valence-electron chi connectivity index (χ4n) is 3.78. The van der Waals surface area contributed by atoms with Crippen LogP contribution in [0.2, 0.25) is 0 Å². The number of carbonyl (C=O) groups excluding carboxylic acids is 1. The molecule has 0 amide bonds. The van der Waals surface area contributed by atoms with Crippen molar-refractivity contribution in [1.29, 1.82) is 0 Å². The average molecular weight is 424 g/mol. The third-order valence-electron chi connectivity index (χ3n) is 5.46. The Labute approximate surface area is 179 Å². The second-order valence-corrected chi connectivity index (χ2v) is 7.65. The molecule has 0 spiro atoms. The van der Waals surface area contributed by atoms with Gasteiger partial charge >= 0.3 is 0 Å². The molecular formula is C23H25FN4O3. The van der Waals surface area contributed by atoms with E-state index in [0.29, 0.717) is 18.6 Å². The number of pyridine rings is 1. The van der Waals surface area contributed by atoms with Gasteiger partial charge in [-0.2, -0.15) is 0 Å². The van der Waals surface area contributed by atoms with Crippen LogP contribution in [0.15, 0.2) is 41.3 Å². The third-order valence-corrected chi connectivity index (χ3v) is 5.46. The lowest BCUT2D eigenvalue weighted by molar-refractivity contribution is 0.101. The van der Waals surface area contributed by atoms with Crippen LogP contribution in [0.5, 0.6) is 5.75 Å². The Morgan fingerprint density at radius 3 is 2.52 bits per heavy atom. The van der Waals surface area contributed by atoms with Crippen LogP contribution in [0, 0.1) is 5.82 Å². The number of para-hydroxylation sites is 1. The number of nitrogens with one attached hydrogen (secondary N) is 2. The van der Waals surface area contributed by atoms with Gasteiger partial charge in [0.25, 0.3) is 0 Å². The Balaban J connectivity index is 1.77. The summed E-state index contributed by atoms with van der Waals surface area (Å²) in [5.41, 5.74) is 6.70. The molecule has 0 bridgehead atoms. The van der Waals surface area contributed by atoms with Gasteiger partial charge in [0.05, 0.1) is 29.3 Å². The fourth-order valence-corrected chi connectivity index (χ4v) is 3.78. The Bertz CT molecular complexity index is 1200. The lowest BCUT2D eigenvalue weighted by atomic mass is 10.0. The van der Waals surface area contributed by atoms with Crippen LogP contribution in [0.25, 0.3) is 10.9 Å². The Morgan fingerprint density at radius 2 is 1.90 bits per heavy atom. The zero-order valence-corrected chi connectivity index (χ0v) is 17.5. The summed E-state index contributed by atoms with van der Waals surface area (Å²) in [5.74, 6) is -0.931. The van der Waals surface area contributed by atoms with E-state index in [0.717, 1.165) is 18.5 Å². The molecule has 0 unspecified atom stereocenters. The van der Waals surface area contributed by atoms with Gasteiger partial charge in [0.1, 0.15) is 5.69 Å². The molecule has 4 rings (SSSR count). The molecule has 7 nitrogen and oxygen atoms in total. The van der Waals surface area contributed by atoms with Gasteiger partial charge in [-0.25, -0.2) is 4.39 Å². The van der Waals surface area contributed by atoms with Gasteiger partial charge in [0.2, 0.25) is 5.43 Å². The fraction of sp³-hybridized carbons (Fsp3) is 0.304. The van der Waals surface area contributed by atoms with E-state index in [4.69, 9.17) is 10.5 Å². The number of methoxy groups -OCH3 is 1. The summed E-state index contributed by atoms with van der Waals surface area (Å²) in [6.45, 7) is 2.24. The maximum absolute atomic E-state index is 15.3. The number of hydrogen-bond donors (Lipinski definition) is 3. The highest BCUT2D eigenvalue weighted by molar-refractivity contribution is 6.04. The van der Waals surface area contributed by atoms with E-state index >= 15 is 4.39 Å². The van der Waals surface area contributed by atoms with Crippen molar-refractivity contribution in [2.24, 2.45) is 0 Å². The predicted molar refractivity (Wildman–Crippen MR) is 121 cm³/mol. The van der Waals surface area contributed by atoms with E-state index < -0.39 is 11.2 Å². The summed E-state index contributed by atoms with van der Waals surface area (Å²) in [4.78, 5) is 25.0. The van der Waals surface area contributed by atoms with Crippen molar-refractivity contribution in [3.8, 4) is 5.75 Å². The van der Waals surface area contributed by atoms with Crippen LogP contribution in [0.3, 0.4) is 0 Å². The molecule has 3 aromatic rings. The molecule has 8 heteroatoms. The molecule has 0 atom stereocenters. The van der Waals surface area contributed by atoms with Crippen molar-refractivity contribution < 1.29 is 13.9 Å². The Hall–Kier alpha value is -3.55. The van der Waals surface area contributed by atoms with Crippen molar-refractivity contribution in [3.05, 3.63) is 58.1 Å². The highest BCUT2D eigenvalue weighted by Gasteiger charge is 2.31. The number of carbonyl (C=O) groups is 1. The van der Waals surface area contributed by atoms with Gasteiger partial charge in [-0.15, -0.1) is 0 Å². The summed E-state index contributed by atoms with van der Waals surface area (Å²) in [7, 11) is 1.43. The van der Waals surface area contributed by atoms with Gasteiger partial charge in [-0.3, -0.25) is 9.59 Å². The normalized spacial score (nSPS) is 13.3. The van der Waals surface area contributed by atoms with E-state index in [1.165, 1.54) is 14.0 Å².